The summed E-state index contributed by atoms with van der Waals surface area (Å²) in [6, 6.07) is 29.2. The zero-order valence-corrected chi connectivity index (χ0v) is 15.1. The van der Waals surface area contributed by atoms with Gasteiger partial charge in [-0.15, -0.1) is 0 Å². The second-order valence-corrected chi connectivity index (χ2v) is 6.88. The largest absolute Gasteiger partial charge is 0.0908 e. The summed E-state index contributed by atoms with van der Waals surface area (Å²) in [5.74, 6) is 0. The summed E-state index contributed by atoms with van der Waals surface area (Å²) in [4.78, 5) is 0. The van der Waals surface area contributed by atoms with E-state index in [1.54, 1.807) is 0 Å². The van der Waals surface area contributed by atoms with Crippen LogP contribution < -0.4 is 0 Å². The van der Waals surface area contributed by atoms with Crippen LogP contribution >= 0.6 is 11.6 Å². The molecule has 0 spiro atoms. The Hall–Kier alpha value is -3.45. The lowest BCUT2D eigenvalue weighted by Gasteiger charge is -2.15. The van der Waals surface area contributed by atoms with Crippen molar-refractivity contribution in [1.29, 1.82) is 0 Å². The number of hydrogen-bond donors (Lipinski definition) is 0. The van der Waals surface area contributed by atoms with Gasteiger partial charge in [-0.2, -0.15) is 0 Å². The molecular formula is C26H13Cl. The molecule has 0 nitrogen and oxygen atoms in total. The Balaban J connectivity index is 1.81. The maximum absolute atomic E-state index is 5.99. The molecule has 4 aromatic rings. The highest BCUT2D eigenvalue weighted by Gasteiger charge is 2.14. The van der Waals surface area contributed by atoms with Gasteiger partial charge in [0.15, 0.2) is 0 Å². The smallest absolute Gasteiger partial charge is 0.0744 e. The second kappa shape index (κ2) is 6.37. The highest BCUT2D eigenvalue weighted by Crippen LogP contribution is 2.37. The van der Waals surface area contributed by atoms with Crippen molar-refractivity contribution in [3.8, 4) is 22.3 Å². The molecule has 0 saturated heterocycles. The van der Waals surface area contributed by atoms with Gasteiger partial charge < -0.3 is 0 Å². The standard InChI is InChI=1S/C26H13Cl/c27-22-14-12-18(13-15-22)21-16-20-7-2-4-10-24(20)26(17-21)25-11-5-8-19-6-1-3-9-23(19)25/h1,3,5-12,14,16-17H. The van der Waals surface area contributed by atoms with E-state index in [1.165, 1.54) is 21.9 Å². The number of rotatable bonds is 2. The summed E-state index contributed by atoms with van der Waals surface area (Å²) in [5.41, 5.74) is 12.9. The number of benzene rings is 3. The molecule has 5 rings (SSSR count). The van der Waals surface area contributed by atoms with Crippen LogP contribution in [0.2, 0.25) is 5.02 Å². The Bertz CT molecular complexity index is 1270. The maximum atomic E-state index is 5.99. The zero-order chi connectivity index (χ0) is 18.2. The average molecular weight is 361 g/mol. The monoisotopic (exact) mass is 360 g/mol. The van der Waals surface area contributed by atoms with E-state index in [9.17, 15) is 0 Å². The van der Waals surface area contributed by atoms with Crippen molar-refractivity contribution >= 4 is 34.5 Å². The Kier molecular flexibility index (Phi) is 3.72. The quantitative estimate of drug-likeness (QED) is 0.291. The lowest BCUT2D eigenvalue weighted by atomic mass is 9.88. The molecule has 0 bridgehead atoms. The highest BCUT2D eigenvalue weighted by molar-refractivity contribution is 6.30. The van der Waals surface area contributed by atoms with Crippen molar-refractivity contribution in [1.82, 2.24) is 0 Å². The fraction of sp³-hybridized carbons (Fsp3) is 0. The van der Waals surface area contributed by atoms with Crippen molar-refractivity contribution in [2.24, 2.45) is 0 Å². The minimum Gasteiger partial charge on any atom is -0.0744 e. The van der Waals surface area contributed by atoms with Crippen LogP contribution in [0.5, 0.6) is 0 Å². The first-order chi connectivity index (χ1) is 13.3. The molecule has 0 radical (unpaired) electrons. The molecule has 0 unspecified atom stereocenters. The summed E-state index contributed by atoms with van der Waals surface area (Å²) in [6.07, 6.45) is 3.99. The Morgan fingerprint density at radius 2 is 1.56 bits per heavy atom. The first-order valence-electron chi connectivity index (χ1n) is 8.73. The van der Waals surface area contributed by atoms with Crippen LogP contribution in [0.25, 0.3) is 45.2 Å². The van der Waals surface area contributed by atoms with Gasteiger partial charge in [0.25, 0.3) is 0 Å². The summed E-state index contributed by atoms with van der Waals surface area (Å²) < 4.78 is 0. The number of fused-ring (bicyclic) bond motifs is 2. The molecule has 0 heterocycles. The van der Waals surface area contributed by atoms with E-state index < -0.39 is 0 Å². The van der Waals surface area contributed by atoms with Crippen LogP contribution in [0.4, 0.5) is 0 Å². The van der Waals surface area contributed by atoms with Gasteiger partial charge in [-0.25, -0.2) is 0 Å². The van der Waals surface area contributed by atoms with Crippen LogP contribution in [0, 0.1) is 12.1 Å². The summed E-state index contributed by atoms with van der Waals surface area (Å²) >= 11 is 5.99. The Labute approximate surface area is 163 Å². The lowest BCUT2D eigenvalue weighted by molar-refractivity contribution is 1.56. The average Bonchev–Trinajstić information content (AvgIpc) is 2.73. The maximum Gasteiger partial charge on any atom is 0.0908 e. The molecule has 1 aliphatic carbocycles. The molecule has 0 aliphatic heterocycles. The van der Waals surface area contributed by atoms with Gasteiger partial charge in [-0.3, -0.25) is 0 Å². The molecule has 0 atom stereocenters. The molecule has 0 N–H and O–H groups in total. The third kappa shape index (κ3) is 2.78. The van der Waals surface area contributed by atoms with Gasteiger partial charge >= 0.3 is 0 Å². The first kappa shape index (κ1) is 15.8. The number of halogens is 1. The van der Waals surface area contributed by atoms with Crippen molar-refractivity contribution in [2.75, 3.05) is 0 Å². The Morgan fingerprint density at radius 3 is 2.44 bits per heavy atom. The molecule has 1 aliphatic rings. The predicted octanol–water partition coefficient (Wildman–Crippen LogP) is 7.22. The van der Waals surface area contributed by atoms with E-state index in [1.807, 2.05) is 24.3 Å². The molecule has 0 saturated carbocycles. The predicted molar refractivity (Wildman–Crippen MR) is 113 cm³/mol. The van der Waals surface area contributed by atoms with E-state index in [0.717, 1.165) is 22.3 Å². The topological polar surface area (TPSA) is 0 Å². The van der Waals surface area contributed by atoms with Gasteiger partial charge in [-0.05, 0) is 81.1 Å². The van der Waals surface area contributed by atoms with E-state index >= 15 is 0 Å². The fourth-order valence-electron chi connectivity index (χ4n) is 3.56. The van der Waals surface area contributed by atoms with E-state index in [0.29, 0.717) is 5.02 Å². The van der Waals surface area contributed by atoms with E-state index in [4.69, 9.17) is 11.6 Å². The first-order valence-corrected chi connectivity index (χ1v) is 9.11. The molecule has 0 fully saturated rings. The fourth-order valence-corrected chi connectivity index (χ4v) is 3.67. The van der Waals surface area contributed by atoms with Crippen LogP contribution in [0.1, 0.15) is 11.1 Å². The summed E-state index contributed by atoms with van der Waals surface area (Å²) in [6.45, 7) is 0. The van der Waals surface area contributed by atoms with Gasteiger partial charge in [0.05, 0.1) is 5.02 Å². The van der Waals surface area contributed by atoms with Gasteiger partial charge in [0.2, 0.25) is 0 Å². The second-order valence-electron chi connectivity index (χ2n) is 6.48. The summed E-state index contributed by atoms with van der Waals surface area (Å²) in [7, 11) is 0. The van der Waals surface area contributed by atoms with Gasteiger partial charge in [-0.1, -0.05) is 71.6 Å². The molecule has 27 heavy (non-hydrogen) atoms. The third-order valence-electron chi connectivity index (χ3n) is 4.84. The van der Waals surface area contributed by atoms with E-state index in [-0.39, 0.29) is 0 Å². The van der Waals surface area contributed by atoms with Crippen molar-refractivity contribution < 1.29 is 0 Å². The normalized spacial score (nSPS) is 11.4. The van der Waals surface area contributed by atoms with Crippen molar-refractivity contribution in [3.63, 3.8) is 0 Å². The van der Waals surface area contributed by atoms with Crippen LogP contribution in [-0.2, 0) is 0 Å². The molecule has 0 amide bonds. The van der Waals surface area contributed by atoms with Crippen molar-refractivity contribution in [2.45, 2.75) is 0 Å². The zero-order valence-electron chi connectivity index (χ0n) is 14.4. The SMILES string of the molecule is Clc1c#cc(-c2cc3c(c(-c4cccc5ccccc45)c2)C=C=C=C3)cc1. The molecular weight excluding hydrogens is 348 g/mol. The summed E-state index contributed by atoms with van der Waals surface area (Å²) in [5, 5.41) is 3.03. The minimum atomic E-state index is 0.566. The molecule has 124 valence electrons. The van der Waals surface area contributed by atoms with Crippen molar-refractivity contribution in [3.05, 3.63) is 106 Å². The van der Waals surface area contributed by atoms with Crippen LogP contribution in [0.3, 0.4) is 0 Å². The van der Waals surface area contributed by atoms with E-state index in [2.05, 4.69) is 78.2 Å². The van der Waals surface area contributed by atoms with Crippen LogP contribution in [0.15, 0.2) is 78.2 Å². The van der Waals surface area contributed by atoms with Crippen LogP contribution in [-0.4, -0.2) is 0 Å². The van der Waals surface area contributed by atoms with Gasteiger partial charge in [0, 0.05) is 5.56 Å². The Morgan fingerprint density at radius 1 is 0.704 bits per heavy atom. The minimum absolute atomic E-state index is 0.566. The highest BCUT2D eigenvalue weighted by atomic mass is 35.5. The number of hydrogen-bond acceptors (Lipinski definition) is 0. The third-order valence-corrected chi connectivity index (χ3v) is 5.06. The molecule has 4 aromatic carbocycles. The van der Waals surface area contributed by atoms with Gasteiger partial charge in [0.1, 0.15) is 0 Å². The molecule has 0 aromatic heterocycles. The lowest BCUT2D eigenvalue weighted by Crippen LogP contribution is -1.92. The molecule has 1 heteroatoms.